The van der Waals surface area contributed by atoms with Crippen LogP contribution in [0.1, 0.15) is 11.3 Å². The molecular weight excluding hydrogens is 400 g/mol. The Kier molecular flexibility index (Phi) is 5.50. The first kappa shape index (κ1) is 19.6. The molecular formula is C22H27ClN6O. The van der Waals surface area contributed by atoms with Crippen LogP contribution in [0.25, 0.3) is 11.0 Å². The first-order chi connectivity index (χ1) is 14.7. The largest absolute Gasteiger partial charge is 0.378 e. The van der Waals surface area contributed by atoms with E-state index in [4.69, 9.17) is 26.3 Å². The number of rotatable bonds is 4. The van der Waals surface area contributed by atoms with Crippen molar-refractivity contribution in [3.05, 3.63) is 46.6 Å². The predicted octanol–water partition coefficient (Wildman–Crippen LogP) is 3.08. The summed E-state index contributed by atoms with van der Waals surface area (Å²) in [5, 5.41) is 1.89. The van der Waals surface area contributed by atoms with Gasteiger partial charge in [-0.05, 0) is 30.7 Å². The molecule has 4 heterocycles. The fourth-order valence-corrected chi connectivity index (χ4v) is 4.35. The summed E-state index contributed by atoms with van der Waals surface area (Å²) in [5.41, 5.74) is 3.33. The van der Waals surface area contributed by atoms with Crippen molar-refractivity contribution in [3.8, 4) is 0 Å². The molecule has 8 heteroatoms. The maximum atomic E-state index is 6.01. The minimum atomic E-state index is 0.726. The highest BCUT2D eigenvalue weighted by molar-refractivity contribution is 6.30. The van der Waals surface area contributed by atoms with Crippen LogP contribution < -0.4 is 9.80 Å². The molecule has 2 aromatic heterocycles. The van der Waals surface area contributed by atoms with Crippen LogP contribution in [0.5, 0.6) is 0 Å². The van der Waals surface area contributed by atoms with Gasteiger partial charge in [0.1, 0.15) is 11.5 Å². The van der Waals surface area contributed by atoms with Gasteiger partial charge in [-0.1, -0.05) is 23.7 Å². The molecule has 7 nitrogen and oxygen atoms in total. The topological polar surface area (TPSA) is 60.5 Å². The molecule has 2 saturated heterocycles. The Hall–Kier alpha value is -2.35. The zero-order valence-electron chi connectivity index (χ0n) is 17.3. The van der Waals surface area contributed by atoms with Gasteiger partial charge in [0.2, 0.25) is 5.95 Å². The Labute approximate surface area is 181 Å². The molecule has 0 radical (unpaired) electrons. The molecule has 0 bridgehead atoms. The molecule has 3 aromatic rings. The number of fused-ring (bicyclic) bond motifs is 1. The minimum Gasteiger partial charge on any atom is -0.378 e. The summed E-state index contributed by atoms with van der Waals surface area (Å²) in [5.74, 6) is 1.84. The van der Waals surface area contributed by atoms with Crippen molar-refractivity contribution in [2.75, 3.05) is 62.3 Å². The van der Waals surface area contributed by atoms with Gasteiger partial charge in [-0.2, -0.15) is 9.97 Å². The monoisotopic (exact) mass is 426 g/mol. The number of piperazine rings is 1. The number of hydrogen-bond donors (Lipinski definition) is 1. The molecule has 0 atom stereocenters. The lowest BCUT2D eigenvalue weighted by Gasteiger charge is -2.36. The molecule has 1 aromatic carbocycles. The Morgan fingerprint density at radius 1 is 0.967 bits per heavy atom. The Morgan fingerprint density at radius 3 is 2.43 bits per heavy atom. The highest BCUT2D eigenvalue weighted by Crippen LogP contribution is 2.28. The number of H-pyrrole nitrogens is 1. The number of benzene rings is 1. The van der Waals surface area contributed by atoms with Crippen LogP contribution in [0.15, 0.2) is 30.3 Å². The Balaban J connectivity index is 1.34. The second kappa shape index (κ2) is 8.41. The van der Waals surface area contributed by atoms with Gasteiger partial charge in [0.25, 0.3) is 0 Å². The van der Waals surface area contributed by atoms with Crippen LogP contribution >= 0.6 is 11.6 Å². The third-order valence-electron chi connectivity index (χ3n) is 5.88. The summed E-state index contributed by atoms with van der Waals surface area (Å²) in [6.07, 6.45) is 0. The van der Waals surface area contributed by atoms with Gasteiger partial charge in [0, 0.05) is 56.5 Å². The van der Waals surface area contributed by atoms with Crippen LogP contribution in [-0.4, -0.2) is 72.3 Å². The summed E-state index contributed by atoms with van der Waals surface area (Å²) in [6, 6.07) is 10.3. The molecule has 2 aliphatic heterocycles. The van der Waals surface area contributed by atoms with Crippen molar-refractivity contribution in [3.63, 3.8) is 0 Å². The molecule has 30 heavy (non-hydrogen) atoms. The first-order valence-corrected chi connectivity index (χ1v) is 11.0. The highest BCUT2D eigenvalue weighted by atomic mass is 35.5. The van der Waals surface area contributed by atoms with E-state index < -0.39 is 0 Å². The second-order valence-electron chi connectivity index (χ2n) is 8.05. The molecule has 0 saturated carbocycles. The van der Waals surface area contributed by atoms with Gasteiger partial charge in [0.15, 0.2) is 0 Å². The van der Waals surface area contributed by atoms with Gasteiger partial charge in [-0.3, -0.25) is 4.90 Å². The number of aromatic nitrogens is 3. The normalized spacial score (nSPS) is 18.3. The van der Waals surface area contributed by atoms with E-state index in [1.807, 2.05) is 12.1 Å². The molecule has 5 rings (SSSR count). The third kappa shape index (κ3) is 4.10. The zero-order chi connectivity index (χ0) is 20.5. The van der Waals surface area contributed by atoms with E-state index in [2.05, 4.69) is 44.8 Å². The number of halogens is 1. The van der Waals surface area contributed by atoms with Crippen LogP contribution in [0, 0.1) is 6.92 Å². The van der Waals surface area contributed by atoms with Gasteiger partial charge in [0.05, 0.1) is 18.6 Å². The number of ether oxygens (including phenoxy) is 1. The Morgan fingerprint density at radius 2 is 1.70 bits per heavy atom. The lowest BCUT2D eigenvalue weighted by molar-refractivity contribution is 0.122. The number of hydrogen-bond acceptors (Lipinski definition) is 6. The van der Waals surface area contributed by atoms with E-state index in [0.717, 1.165) is 92.5 Å². The molecule has 158 valence electrons. The third-order valence-corrected chi connectivity index (χ3v) is 6.13. The first-order valence-electron chi connectivity index (χ1n) is 10.6. The summed E-state index contributed by atoms with van der Waals surface area (Å²) >= 11 is 6.01. The van der Waals surface area contributed by atoms with Crippen molar-refractivity contribution in [1.82, 2.24) is 19.9 Å². The maximum Gasteiger partial charge on any atom is 0.229 e. The fourth-order valence-electron chi connectivity index (χ4n) is 4.23. The van der Waals surface area contributed by atoms with Gasteiger partial charge < -0.3 is 19.5 Å². The summed E-state index contributed by atoms with van der Waals surface area (Å²) in [7, 11) is 0. The van der Waals surface area contributed by atoms with E-state index in [1.54, 1.807) is 0 Å². The van der Waals surface area contributed by atoms with Crippen LogP contribution in [0.4, 0.5) is 11.8 Å². The van der Waals surface area contributed by atoms with Crippen molar-refractivity contribution < 1.29 is 4.74 Å². The average molecular weight is 427 g/mol. The van der Waals surface area contributed by atoms with Crippen molar-refractivity contribution in [2.24, 2.45) is 0 Å². The maximum absolute atomic E-state index is 6.01. The summed E-state index contributed by atoms with van der Waals surface area (Å²) in [6.45, 7) is 10.1. The summed E-state index contributed by atoms with van der Waals surface area (Å²) < 4.78 is 5.50. The number of aryl methyl sites for hydroxylation is 1. The molecule has 0 unspecified atom stereocenters. The average Bonchev–Trinajstić information content (AvgIpc) is 3.16. The quantitative estimate of drug-likeness (QED) is 0.691. The molecule has 0 spiro atoms. The van der Waals surface area contributed by atoms with Crippen LogP contribution in [0.3, 0.4) is 0 Å². The number of morpholine rings is 1. The van der Waals surface area contributed by atoms with Gasteiger partial charge >= 0.3 is 0 Å². The van der Waals surface area contributed by atoms with E-state index in [1.165, 1.54) is 5.56 Å². The lowest BCUT2D eigenvalue weighted by atomic mass is 10.2. The highest BCUT2D eigenvalue weighted by Gasteiger charge is 2.24. The second-order valence-corrected chi connectivity index (χ2v) is 8.49. The predicted molar refractivity (Wildman–Crippen MR) is 121 cm³/mol. The van der Waals surface area contributed by atoms with E-state index in [9.17, 15) is 0 Å². The van der Waals surface area contributed by atoms with Crippen LogP contribution in [0.2, 0.25) is 5.02 Å². The number of nitrogens with zero attached hydrogens (tertiary/aromatic N) is 5. The van der Waals surface area contributed by atoms with Crippen molar-refractivity contribution >= 4 is 34.4 Å². The van der Waals surface area contributed by atoms with Gasteiger partial charge in [-0.25, -0.2) is 0 Å². The molecule has 2 fully saturated rings. The molecule has 0 amide bonds. The molecule has 0 aliphatic carbocycles. The zero-order valence-corrected chi connectivity index (χ0v) is 18.0. The minimum absolute atomic E-state index is 0.726. The van der Waals surface area contributed by atoms with E-state index >= 15 is 0 Å². The molecule has 2 aliphatic rings. The number of anilines is 2. The van der Waals surface area contributed by atoms with E-state index in [0.29, 0.717) is 0 Å². The SMILES string of the molecule is Cc1cc2c(N3CCN(Cc4ccc(Cl)cc4)CC3)nc(N3CCOCC3)nc2[nH]1. The Bertz CT molecular complexity index is 1010. The smallest absolute Gasteiger partial charge is 0.229 e. The van der Waals surface area contributed by atoms with E-state index in [-0.39, 0.29) is 0 Å². The summed E-state index contributed by atoms with van der Waals surface area (Å²) in [4.78, 5) is 20.3. The fraction of sp³-hybridized carbons (Fsp3) is 0.455. The van der Waals surface area contributed by atoms with Crippen molar-refractivity contribution in [2.45, 2.75) is 13.5 Å². The molecule has 1 N–H and O–H groups in total. The van der Waals surface area contributed by atoms with Gasteiger partial charge in [-0.15, -0.1) is 0 Å². The lowest BCUT2D eigenvalue weighted by Crippen LogP contribution is -2.46. The number of nitrogens with one attached hydrogen (secondary N) is 1. The standard InChI is InChI=1S/C22H27ClN6O/c1-16-14-19-20(24-16)25-22(29-10-12-30-13-11-29)26-21(19)28-8-6-27(7-9-28)15-17-2-4-18(23)5-3-17/h2-5,14H,6-13,15H2,1H3,(H,24,25,26). The number of aromatic amines is 1. The van der Waals surface area contributed by atoms with Crippen molar-refractivity contribution in [1.29, 1.82) is 0 Å². The van der Waals surface area contributed by atoms with Crippen LogP contribution in [-0.2, 0) is 11.3 Å².